The summed E-state index contributed by atoms with van der Waals surface area (Å²) in [5.41, 5.74) is 1.97. The molecule has 0 spiro atoms. The van der Waals surface area contributed by atoms with Crippen molar-refractivity contribution in [2.24, 2.45) is 0 Å². The standard InChI is InChI=1S/C23H25FN4O4/c1-14-9-12-31-21(14)23(30)25-17-7-10-28(11-8-17)20(29)6-5-19-26-22(27-32-19)16-3-4-18(24)15(2)13-16/h3-4,9,12-13,17H,5-8,10-11H2,1-2H3,(H,25,30). The van der Waals surface area contributed by atoms with Crippen molar-refractivity contribution >= 4 is 11.8 Å². The van der Waals surface area contributed by atoms with E-state index in [0.717, 1.165) is 5.56 Å². The zero-order valence-corrected chi connectivity index (χ0v) is 18.1. The van der Waals surface area contributed by atoms with Crippen LogP contribution in [-0.2, 0) is 11.2 Å². The number of likely N-dealkylation sites (tertiary alicyclic amines) is 1. The van der Waals surface area contributed by atoms with Gasteiger partial charge in [0, 0.05) is 43.1 Å². The molecule has 2 amide bonds. The number of amides is 2. The molecule has 0 unspecified atom stereocenters. The number of furan rings is 1. The van der Waals surface area contributed by atoms with Gasteiger partial charge in [-0.3, -0.25) is 9.59 Å². The van der Waals surface area contributed by atoms with Gasteiger partial charge in [-0.05, 0) is 56.5 Å². The molecule has 1 saturated heterocycles. The summed E-state index contributed by atoms with van der Waals surface area (Å²) in [4.78, 5) is 31.0. The summed E-state index contributed by atoms with van der Waals surface area (Å²) in [6.45, 7) is 4.65. The lowest BCUT2D eigenvalue weighted by Crippen LogP contribution is -2.46. The van der Waals surface area contributed by atoms with E-state index in [-0.39, 0.29) is 30.1 Å². The number of nitrogens with zero attached hydrogens (tertiary/aromatic N) is 3. The predicted molar refractivity (Wildman–Crippen MR) is 113 cm³/mol. The van der Waals surface area contributed by atoms with E-state index >= 15 is 0 Å². The second-order valence-electron chi connectivity index (χ2n) is 8.04. The molecule has 2 aromatic heterocycles. The summed E-state index contributed by atoms with van der Waals surface area (Å²) in [6.07, 6.45) is 3.46. The number of rotatable bonds is 6. The lowest BCUT2D eigenvalue weighted by Gasteiger charge is -2.32. The third-order valence-corrected chi connectivity index (χ3v) is 5.69. The zero-order chi connectivity index (χ0) is 22.7. The summed E-state index contributed by atoms with van der Waals surface area (Å²) >= 11 is 0. The Bertz CT molecular complexity index is 1110. The molecular weight excluding hydrogens is 415 g/mol. The quantitative estimate of drug-likeness (QED) is 0.630. The van der Waals surface area contributed by atoms with Crippen LogP contribution in [0.1, 0.15) is 46.8 Å². The molecule has 1 aromatic carbocycles. The third kappa shape index (κ3) is 4.87. The molecule has 1 aliphatic heterocycles. The van der Waals surface area contributed by atoms with E-state index < -0.39 is 0 Å². The molecular formula is C23H25FN4O4. The molecule has 1 aliphatic rings. The maximum Gasteiger partial charge on any atom is 0.287 e. The normalized spacial score (nSPS) is 14.5. The molecule has 1 fully saturated rings. The molecule has 0 saturated carbocycles. The molecule has 1 N–H and O–H groups in total. The Hall–Kier alpha value is -3.49. The molecule has 8 nitrogen and oxygen atoms in total. The van der Waals surface area contributed by atoms with Gasteiger partial charge < -0.3 is 19.2 Å². The van der Waals surface area contributed by atoms with Gasteiger partial charge in [0.05, 0.1) is 6.26 Å². The van der Waals surface area contributed by atoms with Crippen molar-refractivity contribution in [1.82, 2.24) is 20.4 Å². The van der Waals surface area contributed by atoms with Gasteiger partial charge in [-0.25, -0.2) is 4.39 Å². The first-order valence-corrected chi connectivity index (χ1v) is 10.6. The number of aryl methyl sites for hydroxylation is 3. The van der Waals surface area contributed by atoms with Crippen LogP contribution in [0.15, 0.2) is 39.5 Å². The van der Waals surface area contributed by atoms with Gasteiger partial charge >= 0.3 is 0 Å². The van der Waals surface area contributed by atoms with Gasteiger partial charge in [0.1, 0.15) is 5.82 Å². The molecule has 9 heteroatoms. The average Bonchev–Trinajstić information content (AvgIpc) is 3.43. The topological polar surface area (TPSA) is 101 Å². The van der Waals surface area contributed by atoms with Crippen LogP contribution in [0.25, 0.3) is 11.4 Å². The van der Waals surface area contributed by atoms with Gasteiger partial charge in [-0.2, -0.15) is 4.98 Å². The molecule has 3 aromatic rings. The van der Waals surface area contributed by atoms with Crippen LogP contribution in [0.5, 0.6) is 0 Å². The number of carbonyl (C=O) groups excluding carboxylic acids is 2. The number of carbonyl (C=O) groups is 2. The van der Waals surface area contributed by atoms with Crippen molar-refractivity contribution in [2.75, 3.05) is 13.1 Å². The van der Waals surface area contributed by atoms with Gasteiger partial charge in [0.2, 0.25) is 17.6 Å². The largest absolute Gasteiger partial charge is 0.459 e. The van der Waals surface area contributed by atoms with Crippen molar-refractivity contribution in [3.05, 3.63) is 59.1 Å². The molecule has 0 aliphatic carbocycles. The highest BCUT2D eigenvalue weighted by atomic mass is 19.1. The maximum absolute atomic E-state index is 13.4. The minimum absolute atomic E-state index is 0.00807. The first-order chi connectivity index (χ1) is 15.4. The number of hydrogen-bond donors (Lipinski definition) is 1. The first-order valence-electron chi connectivity index (χ1n) is 10.6. The smallest absolute Gasteiger partial charge is 0.287 e. The van der Waals surface area contributed by atoms with Gasteiger partial charge in [-0.15, -0.1) is 0 Å². The molecule has 32 heavy (non-hydrogen) atoms. The molecule has 0 radical (unpaired) electrons. The lowest BCUT2D eigenvalue weighted by molar-refractivity contribution is -0.132. The van der Waals surface area contributed by atoms with E-state index in [2.05, 4.69) is 15.5 Å². The monoisotopic (exact) mass is 440 g/mol. The fourth-order valence-corrected chi connectivity index (χ4v) is 3.76. The lowest BCUT2D eigenvalue weighted by atomic mass is 10.0. The molecule has 4 rings (SSSR count). The van der Waals surface area contributed by atoms with Crippen molar-refractivity contribution in [2.45, 2.75) is 45.6 Å². The highest BCUT2D eigenvalue weighted by Crippen LogP contribution is 2.20. The number of nitrogens with one attached hydrogen (secondary N) is 1. The number of piperidine rings is 1. The van der Waals surface area contributed by atoms with E-state index in [1.807, 2.05) is 6.92 Å². The summed E-state index contributed by atoms with van der Waals surface area (Å²) in [6, 6.07) is 6.38. The molecule has 3 heterocycles. The molecule has 168 valence electrons. The van der Waals surface area contributed by atoms with E-state index in [1.165, 1.54) is 12.3 Å². The minimum atomic E-state index is -0.289. The first kappa shape index (κ1) is 21.7. The van der Waals surface area contributed by atoms with Gasteiger partial charge in [0.25, 0.3) is 5.91 Å². The number of benzene rings is 1. The van der Waals surface area contributed by atoms with E-state index in [4.69, 9.17) is 8.94 Å². The van der Waals surface area contributed by atoms with Crippen LogP contribution in [0.4, 0.5) is 4.39 Å². The maximum atomic E-state index is 13.4. The summed E-state index contributed by atoms with van der Waals surface area (Å²) < 4.78 is 23.9. The highest BCUT2D eigenvalue weighted by Gasteiger charge is 2.25. The number of halogens is 1. The van der Waals surface area contributed by atoms with Crippen molar-refractivity contribution in [3.63, 3.8) is 0 Å². The van der Waals surface area contributed by atoms with Crippen LogP contribution in [0, 0.1) is 19.7 Å². The number of aromatic nitrogens is 2. The second-order valence-corrected chi connectivity index (χ2v) is 8.04. The fourth-order valence-electron chi connectivity index (χ4n) is 3.76. The van der Waals surface area contributed by atoms with E-state index in [0.29, 0.717) is 61.0 Å². The average molecular weight is 440 g/mol. The summed E-state index contributed by atoms with van der Waals surface area (Å²) in [7, 11) is 0. The van der Waals surface area contributed by atoms with E-state index in [9.17, 15) is 14.0 Å². The second kappa shape index (κ2) is 9.33. The third-order valence-electron chi connectivity index (χ3n) is 5.69. The Morgan fingerprint density at radius 3 is 2.66 bits per heavy atom. The summed E-state index contributed by atoms with van der Waals surface area (Å²) in [5.74, 6) is 0.570. The SMILES string of the molecule is Cc1cc(-c2noc(CCC(=O)N3CCC(NC(=O)c4occc4C)CC3)n2)ccc1F. The Kier molecular flexibility index (Phi) is 6.34. The Balaban J connectivity index is 1.24. The zero-order valence-electron chi connectivity index (χ0n) is 18.1. The Morgan fingerprint density at radius 2 is 1.97 bits per heavy atom. The van der Waals surface area contributed by atoms with Crippen LogP contribution in [-0.4, -0.2) is 46.0 Å². The van der Waals surface area contributed by atoms with Gasteiger partial charge in [-0.1, -0.05) is 5.16 Å². The van der Waals surface area contributed by atoms with Crippen LogP contribution in [0.2, 0.25) is 0 Å². The molecule has 0 bridgehead atoms. The van der Waals surface area contributed by atoms with Crippen LogP contribution in [0.3, 0.4) is 0 Å². The van der Waals surface area contributed by atoms with E-state index in [1.54, 1.807) is 30.0 Å². The molecule has 0 atom stereocenters. The Morgan fingerprint density at radius 1 is 1.19 bits per heavy atom. The van der Waals surface area contributed by atoms with Crippen LogP contribution < -0.4 is 5.32 Å². The van der Waals surface area contributed by atoms with Crippen molar-refractivity contribution < 1.29 is 22.9 Å². The van der Waals surface area contributed by atoms with Gasteiger partial charge in [0.15, 0.2) is 5.76 Å². The number of hydrogen-bond acceptors (Lipinski definition) is 6. The summed E-state index contributed by atoms with van der Waals surface area (Å²) in [5, 5.41) is 6.91. The van der Waals surface area contributed by atoms with Crippen LogP contribution >= 0.6 is 0 Å². The van der Waals surface area contributed by atoms with Crippen molar-refractivity contribution in [1.29, 1.82) is 0 Å². The fraction of sp³-hybridized carbons (Fsp3) is 0.391. The predicted octanol–water partition coefficient (Wildman–Crippen LogP) is 3.44. The van der Waals surface area contributed by atoms with Crippen molar-refractivity contribution in [3.8, 4) is 11.4 Å². The minimum Gasteiger partial charge on any atom is -0.459 e. The Labute approximate surface area is 184 Å². The highest BCUT2D eigenvalue weighted by molar-refractivity contribution is 5.93.